The number of piperazine rings is 1. The highest BCUT2D eigenvalue weighted by Gasteiger charge is 2.19. The van der Waals surface area contributed by atoms with Crippen molar-refractivity contribution in [2.75, 3.05) is 31.1 Å². The van der Waals surface area contributed by atoms with E-state index < -0.39 is 0 Å². The molecule has 1 heterocycles. The Bertz CT molecular complexity index is 1030. The van der Waals surface area contributed by atoms with E-state index >= 15 is 0 Å². The predicted octanol–water partition coefficient (Wildman–Crippen LogP) is 4.73. The average Bonchev–Trinajstić information content (AvgIpc) is 2.80. The molecule has 1 amide bonds. The summed E-state index contributed by atoms with van der Waals surface area (Å²) < 4.78 is 13.0. The molecule has 31 heavy (non-hydrogen) atoms. The summed E-state index contributed by atoms with van der Waals surface area (Å²) in [5.74, 6) is -0.412. The van der Waals surface area contributed by atoms with Gasteiger partial charge in [0.25, 0.3) is 5.91 Å². The first-order valence-electron chi connectivity index (χ1n) is 10.4. The number of nitrogens with one attached hydrogen (secondary N) is 1. The normalized spacial score (nSPS) is 14.5. The summed E-state index contributed by atoms with van der Waals surface area (Å²) in [5, 5.41) is 3.69. The van der Waals surface area contributed by atoms with E-state index in [9.17, 15) is 9.18 Å². The molecule has 0 saturated carbocycles. The van der Waals surface area contributed by atoms with E-state index in [1.807, 2.05) is 36.4 Å². The fourth-order valence-corrected chi connectivity index (χ4v) is 4.07. The van der Waals surface area contributed by atoms with Gasteiger partial charge in [-0.2, -0.15) is 0 Å². The number of halogens is 2. The van der Waals surface area contributed by atoms with Gasteiger partial charge in [-0.15, -0.1) is 0 Å². The van der Waals surface area contributed by atoms with Gasteiger partial charge < -0.3 is 10.2 Å². The zero-order valence-corrected chi connectivity index (χ0v) is 18.0. The molecule has 1 N–H and O–H groups in total. The number of rotatable bonds is 6. The molecule has 4 rings (SSSR count). The summed E-state index contributed by atoms with van der Waals surface area (Å²) >= 11 is 6.33. The van der Waals surface area contributed by atoms with Gasteiger partial charge in [-0.25, -0.2) is 4.39 Å². The van der Waals surface area contributed by atoms with Crippen LogP contribution in [0.1, 0.15) is 21.5 Å². The van der Waals surface area contributed by atoms with Gasteiger partial charge in [-0.3, -0.25) is 9.69 Å². The van der Waals surface area contributed by atoms with Crippen molar-refractivity contribution in [3.8, 4) is 0 Å². The second-order valence-corrected chi connectivity index (χ2v) is 8.13. The quantitative estimate of drug-likeness (QED) is 0.605. The Morgan fingerprint density at radius 3 is 2.39 bits per heavy atom. The smallest absolute Gasteiger partial charge is 0.251 e. The standard InChI is InChI=1S/C25H25ClFN3O/c26-23-6-1-2-7-24(23)30-14-12-29(13-15-30)18-20-4-3-5-21(16-20)25(31)28-17-19-8-10-22(27)11-9-19/h1-11,16H,12-15,17-18H2,(H,28,31). The Morgan fingerprint density at radius 1 is 0.903 bits per heavy atom. The molecule has 160 valence electrons. The molecular weight excluding hydrogens is 413 g/mol. The van der Waals surface area contributed by atoms with E-state index in [0.29, 0.717) is 12.1 Å². The van der Waals surface area contributed by atoms with Crippen LogP contribution < -0.4 is 10.2 Å². The van der Waals surface area contributed by atoms with Gasteiger partial charge >= 0.3 is 0 Å². The van der Waals surface area contributed by atoms with Crippen LogP contribution in [0.4, 0.5) is 10.1 Å². The van der Waals surface area contributed by atoms with Crippen molar-refractivity contribution in [2.24, 2.45) is 0 Å². The Morgan fingerprint density at radius 2 is 1.65 bits per heavy atom. The Labute approximate surface area is 187 Å². The largest absolute Gasteiger partial charge is 0.368 e. The monoisotopic (exact) mass is 437 g/mol. The molecule has 4 nitrogen and oxygen atoms in total. The van der Waals surface area contributed by atoms with Crippen LogP contribution in [0, 0.1) is 5.82 Å². The summed E-state index contributed by atoms with van der Waals surface area (Å²) in [6.07, 6.45) is 0. The molecule has 0 aliphatic carbocycles. The van der Waals surface area contributed by atoms with Crippen molar-refractivity contribution >= 4 is 23.2 Å². The zero-order valence-electron chi connectivity index (χ0n) is 17.2. The number of carbonyl (C=O) groups excluding carboxylic acids is 1. The number of hydrogen-bond donors (Lipinski definition) is 1. The molecule has 3 aromatic carbocycles. The van der Waals surface area contributed by atoms with E-state index in [0.717, 1.165) is 54.6 Å². The predicted molar refractivity (Wildman–Crippen MR) is 123 cm³/mol. The van der Waals surface area contributed by atoms with Crippen LogP contribution in [0.2, 0.25) is 5.02 Å². The summed E-state index contributed by atoms with van der Waals surface area (Å²) in [6.45, 7) is 4.88. The summed E-state index contributed by atoms with van der Waals surface area (Å²) in [6, 6.07) is 21.8. The minimum atomic E-state index is -0.282. The molecule has 1 aliphatic heterocycles. The fourth-order valence-electron chi connectivity index (χ4n) is 3.81. The third-order valence-corrected chi connectivity index (χ3v) is 5.85. The van der Waals surface area contributed by atoms with Crippen molar-refractivity contribution < 1.29 is 9.18 Å². The highest BCUT2D eigenvalue weighted by molar-refractivity contribution is 6.33. The van der Waals surface area contributed by atoms with Gasteiger partial charge in [0.1, 0.15) is 5.82 Å². The molecule has 1 fully saturated rings. The van der Waals surface area contributed by atoms with Crippen LogP contribution in [-0.4, -0.2) is 37.0 Å². The molecule has 0 unspecified atom stereocenters. The van der Waals surface area contributed by atoms with Gasteiger partial charge in [0.05, 0.1) is 10.7 Å². The lowest BCUT2D eigenvalue weighted by atomic mass is 10.1. The van der Waals surface area contributed by atoms with Gasteiger partial charge in [-0.05, 0) is 47.5 Å². The van der Waals surface area contributed by atoms with Crippen molar-refractivity contribution in [3.05, 3.63) is 100 Å². The second kappa shape index (κ2) is 9.94. The van der Waals surface area contributed by atoms with Crippen LogP contribution in [0.3, 0.4) is 0 Å². The Balaban J connectivity index is 1.31. The number of para-hydroxylation sites is 1. The van der Waals surface area contributed by atoms with Gasteiger partial charge in [0, 0.05) is 44.8 Å². The van der Waals surface area contributed by atoms with Crippen molar-refractivity contribution in [1.29, 1.82) is 0 Å². The first kappa shape index (κ1) is 21.3. The lowest BCUT2D eigenvalue weighted by molar-refractivity contribution is 0.0950. The third-order valence-electron chi connectivity index (χ3n) is 5.53. The average molecular weight is 438 g/mol. The topological polar surface area (TPSA) is 35.6 Å². The highest BCUT2D eigenvalue weighted by Crippen LogP contribution is 2.26. The maximum atomic E-state index is 13.0. The molecule has 0 bridgehead atoms. The number of carbonyl (C=O) groups is 1. The zero-order chi connectivity index (χ0) is 21.6. The number of nitrogens with zero attached hydrogens (tertiary/aromatic N) is 2. The van der Waals surface area contributed by atoms with Crippen molar-refractivity contribution in [2.45, 2.75) is 13.1 Å². The fraction of sp³-hybridized carbons (Fsp3) is 0.240. The van der Waals surface area contributed by atoms with Crippen molar-refractivity contribution in [1.82, 2.24) is 10.2 Å². The molecule has 1 aliphatic rings. The molecule has 0 radical (unpaired) electrons. The van der Waals surface area contributed by atoms with E-state index in [2.05, 4.69) is 27.2 Å². The molecule has 0 aromatic heterocycles. The number of benzene rings is 3. The van der Waals surface area contributed by atoms with Crippen LogP contribution in [0.5, 0.6) is 0 Å². The summed E-state index contributed by atoms with van der Waals surface area (Å²) in [4.78, 5) is 17.3. The number of amides is 1. The lowest BCUT2D eigenvalue weighted by Crippen LogP contribution is -2.46. The Hall–Kier alpha value is -2.89. The minimum absolute atomic E-state index is 0.130. The van der Waals surface area contributed by atoms with E-state index in [1.165, 1.54) is 12.1 Å². The number of anilines is 1. The van der Waals surface area contributed by atoms with Crippen LogP contribution >= 0.6 is 11.6 Å². The van der Waals surface area contributed by atoms with Crippen LogP contribution in [-0.2, 0) is 13.1 Å². The first-order chi connectivity index (χ1) is 15.1. The molecule has 0 spiro atoms. The lowest BCUT2D eigenvalue weighted by Gasteiger charge is -2.36. The third kappa shape index (κ3) is 5.63. The SMILES string of the molecule is O=C(NCc1ccc(F)cc1)c1cccc(CN2CCN(c3ccccc3Cl)CC2)c1. The highest BCUT2D eigenvalue weighted by atomic mass is 35.5. The molecular formula is C25H25ClFN3O. The second-order valence-electron chi connectivity index (χ2n) is 7.72. The molecule has 6 heteroatoms. The maximum absolute atomic E-state index is 13.0. The minimum Gasteiger partial charge on any atom is -0.368 e. The molecule has 0 atom stereocenters. The summed E-state index contributed by atoms with van der Waals surface area (Å²) in [7, 11) is 0. The van der Waals surface area contributed by atoms with Crippen LogP contribution in [0.15, 0.2) is 72.8 Å². The van der Waals surface area contributed by atoms with E-state index in [4.69, 9.17) is 11.6 Å². The Kier molecular flexibility index (Phi) is 6.85. The molecule has 3 aromatic rings. The van der Waals surface area contributed by atoms with E-state index in [1.54, 1.807) is 12.1 Å². The maximum Gasteiger partial charge on any atom is 0.251 e. The van der Waals surface area contributed by atoms with E-state index in [-0.39, 0.29) is 11.7 Å². The van der Waals surface area contributed by atoms with Crippen LogP contribution in [0.25, 0.3) is 0 Å². The number of hydrogen-bond acceptors (Lipinski definition) is 3. The molecule has 1 saturated heterocycles. The van der Waals surface area contributed by atoms with Gasteiger partial charge in [0.15, 0.2) is 0 Å². The first-order valence-corrected chi connectivity index (χ1v) is 10.8. The van der Waals surface area contributed by atoms with Gasteiger partial charge in [0.2, 0.25) is 0 Å². The van der Waals surface area contributed by atoms with Gasteiger partial charge in [-0.1, -0.05) is 48.0 Å². The summed E-state index contributed by atoms with van der Waals surface area (Å²) in [5.41, 5.74) is 3.70. The van der Waals surface area contributed by atoms with Crippen molar-refractivity contribution in [3.63, 3.8) is 0 Å².